The number of benzene rings is 2. The number of ether oxygens (including phenoxy) is 1. The molecule has 0 saturated heterocycles. The van der Waals surface area contributed by atoms with Crippen molar-refractivity contribution in [2.45, 2.75) is 88.5 Å². The molecule has 1 spiro atoms. The third-order valence-electron chi connectivity index (χ3n) is 10.4. The Labute approximate surface area is 269 Å². The third kappa shape index (κ3) is 5.74. The molecule has 1 fully saturated rings. The molecule has 3 atom stereocenters. The second-order valence-corrected chi connectivity index (χ2v) is 14.3. The second-order valence-electron chi connectivity index (χ2n) is 13.1. The first-order chi connectivity index (χ1) is 20.6. The van der Waals surface area contributed by atoms with Gasteiger partial charge in [-0.05, 0) is 122 Å². The molecule has 0 radical (unpaired) electrons. The fourth-order valence-electron chi connectivity index (χ4n) is 8.12. The molecule has 2 N–H and O–H groups in total. The predicted molar refractivity (Wildman–Crippen MR) is 174 cm³/mol. The number of rotatable bonds is 8. The number of nitrogens with one attached hydrogen (secondary N) is 1. The maximum Gasteiger partial charge on any atom is 0.329 e. The summed E-state index contributed by atoms with van der Waals surface area (Å²) in [6.45, 7) is 5.15. The maximum atomic E-state index is 12.8. The van der Waals surface area contributed by atoms with Gasteiger partial charge in [0.15, 0.2) is 0 Å². The number of pyridine rings is 1. The van der Waals surface area contributed by atoms with E-state index >= 15 is 0 Å². The standard InChI is InChI=1S/C35H39Cl3N2O3/c1-21(20-43-30-11-16-39-29-8-3-5-22(2)31(29)30)17-23-18-26-27(9-10-28(37)32(26)38)34(23)12-14-35(15-13-34,33(41)42)40-25-7-4-6-24(36)19-25/h4,6-7,9-11,16,19,21-23,40H,3,5,8,12-15,17-18,20H2,1-2H3,(H,41,42)/t21-,22-,23?,34?,35?/m1/s1. The van der Waals surface area contributed by atoms with Crippen molar-refractivity contribution >= 4 is 46.5 Å². The van der Waals surface area contributed by atoms with Crippen LogP contribution in [-0.4, -0.2) is 28.2 Å². The quantitative estimate of drug-likeness (QED) is 0.256. The van der Waals surface area contributed by atoms with E-state index in [9.17, 15) is 9.90 Å². The van der Waals surface area contributed by atoms with Gasteiger partial charge < -0.3 is 15.2 Å². The van der Waals surface area contributed by atoms with Crippen LogP contribution in [0.25, 0.3) is 0 Å². The zero-order valence-corrected chi connectivity index (χ0v) is 27.0. The van der Waals surface area contributed by atoms with Crippen LogP contribution in [0, 0.1) is 11.8 Å². The third-order valence-corrected chi connectivity index (χ3v) is 11.4. The lowest BCUT2D eigenvalue weighted by Crippen LogP contribution is -2.53. The molecule has 3 aliphatic carbocycles. The highest BCUT2D eigenvalue weighted by Crippen LogP contribution is 2.58. The van der Waals surface area contributed by atoms with Crippen molar-refractivity contribution in [3.8, 4) is 5.75 Å². The van der Waals surface area contributed by atoms with Crippen molar-refractivity contribution in [1.29, 1.82) is 0 Å². The van der Waals surface area contributed by atoms with Crippen LogP contribution >= 0.6 is 34.8 Å². The minimum atomic E-state index is -1.06. The van der Waals surface area contributed by atoms with Crippen LogP contribution in [0.2, 0.25) is 15.1 Å². The maximum absolute atomic E-state index is 12.8. The Bertz CT molecular complexity index is 1520. The largest absolute Gasteiger partial charge is 0.493 e. The predicted octanol–water partition coefficient (Wildman–Crippen LogP) is 9.51. The first-order valence-electron chi connectivity index (χ1n) is 15.5. The first-order valence-corrected chi connectivity index (χ1v) is 16.6. The van der Waals surface area contributed by atoms with E-state index in [1.807, 2.05) is 30.5 Å². The molecule has 2 aromatic carbocycles. The molecule has 3 aliphatic rings. The summed E-state index contributed by atoms with van der Waals surface area (Å²) < 4.78 is 6.50. The summed E-state index contributed by atoms with van der Waals surface area (Å²) >= 11 is 19.5. The number of aromatic nitrogens is 1. The minimum Gasteiger partial charge on any atom is -0.493 e. The van der Waals surface area contributed by atoms with Gasteiger partial charge in [-0.2, -0.15) is 0 Å². The number of hydrogen-bond acceptors (Lipinski definition) is 4. The van der Waals surface area contributed by atoms with E-state index in [0.717, 1.165) is 49.1 Å². The Hall–Kier alpha value is -2.47. The van der Waals surface area contributed by atoms with E-state index in [0.29, 0.717) is 52.3 Å². The highest BCUT2D eigenvalue weighted by Gasteiger charge is 2.54. The van der Waals surface area contributed by atoms with Gasteiger partial charge in [-0.3, -0.25) is 4.98 Å². The molecule has 1 unspecified atom stereocenters. The van der Waals surface area contributed by atoms with Gasteiger partial charge in [-0.1, -0.05) is 60.8 Å². The number of anilines is 1. The lowest BCUT2D eigenvalue weighted by molar-refractivity contribution is -0.144. The molecule has 1 saturated carbocycles. The highest BCUT2D eigenvalue weighted by atomic mass is 35.5. The lowest BCUT2D eigenvalue weighted by atomic mass is 9.59. The summed E-state index contributed by atoms with van der Waals surface area (Å²) in [5.41, 5.74) is 4.30. The van der Waals surface area contributed by atoms with Crippen LogP contribution in [0.1, 0.15) is 87.1 Å². The van der Waals surface area contributed by atoms with Gasteiger partial charge in [0.1, 0.15) is 11.3 Å². The van der Waals surface area contributed by atoms with Crippen LogP contribution in [0.4, 0.5) is 5.69 Å². The smallest absolute Gasteiger partial charge is 0.329 e. The average Bonchev–Trinajstić information content (AvgIpc) is 3.28. The molecule has 228 valence electrons. The molecule has 43 heavy (non-hydrogen) atoms. The fourth-order valence-corrected chi connectivity index (χ4v) is 8.73. The van der Waals surface area contributed by atoms with Crippen LogP contribution < -0.4 is 10.1 Å². The molecule has 5 nitrogen and oxygen atoms in total. The topological polar surface area (TPSA) is 71.5 Å². The molecule has 3 aromatic rings. The summed E-state index contributed by atoms with van der Waals surface area (Å²) in [6, 6.07) is 13.3. The Morgan fingerprint density at radius 3 is 2.67 bits per heavy atom. The van der Waals surface area contributed by atoms with Crippen molar-refractivity contribution < 1.29 is 14.6 Å². The highest BCUT2D eigenvalue weighted by molar-refractivity contribution is 6.42. The normalized spacial score (nSPS) is 26.9. The Morgan fingerprint density at radius 1 is 1.14 bits per heavy atom. The monoisotopic (exact) mass is 640 g/mol. The van der Waals surface area contributed by atoms with E-state index in [1.165, 1.54) is 29.7 Å². The first kappa shape index (κ1) is 30.6. The van der Waals surface area contributed by atoms with Crippen LogP contribution in [0.15, 0.2) is 48.7 Å². The van der Waals surface area contributed by atoms with Gasteiger partial charge in [0.05, 0.1) is 16.7 Å². The molecule has 8 heteroatoms. The summed E-state index contributed by atoms with van der Waals surface area (Å²) in [4.78, 5) is 17.4. The van der Waals surface area contributed by atoms with Gasteiger partial charge in [0, 0.05) is 28.2 Å². The lowest BCUT2D eigenvalue weighted by Gasteiger charge is -2.47. The van der Waals surface area contributed by atoms with Crippen molar-refractivity contribution in [3.05, 3.63) is 86.1 Å². The van der Waals surface area contributed by atoms with Gasteiger partial charge in [0.2, 0.25) is 0 Å². The van der Waals surface area contributed by atoms with E-state index in [4.69, 9.17) is 39.5 Å². The summed E-state index contributed by atoms with van der Waals surface area (Å²) in [7, 11) is 0. The number of hydrogen-bond donors (Lipinski definition) is 2. The van der Waals surface area contributed by atoms with E-state index in [1.54, 1.807) is 12.1 Å². The Kier molecular flexibility index (Phi) is 8.62. The molecule has 0 aliphatic heterocycles. The van der Waals surface area contributed by atoms with Crippen molar-refractivity contribution in [3.63, 3.8) is 0 Å². The Balaban J connectivity index is 1.23. The minimum absolute atomic E-state index is 0.170. The molecule has 0 amide bonds. The number of fused-ring (bicyclic) bond motifs is 3. The second kappa shape index (κ2) is 12.1. The molecule has 0 bridgehead atoms. The van der Waals surface area contributed by atoms with Gasteiger partial charge in [-0.25, -0.2) is 4.79 Å². The van der Waals surface area contributed by atoms with Crippen molar-refractivity contribution in [1.82, 2.24) is 4.98 Å². The van der Waals surface area contributed by atoms with Gasteiger partial charge in [-0.15, -0.1) is 0 Å². The number of halogens is 3. The summed E-state index contributed by atoms with van der Waals surface area (Å²) in [5, 5.41) is 15.6. The van der Waals surface area contributed by atoms with E-state index in [2.05, 4.69) is 30.2 Å². The van der Waals surface area contributed by atoms with Crippen molar-refractivity contribution in [2.75, 3.05) is 11.9 Å². The van der Waals surface area contributed by atoms with Crippen LogP contribution in [-0.2, 0) is 23.1 Å². The number of carbonyl (C=O) groups is 1. The van der Waals surface area contributed by atoms with Gasteiger partial charge in [0.25, 0.3) is 0 Å². The molecule has 6 rings (SSSR count). The summed E-state index contributed by atoms with van der Waals surface area (Å²) in [6.07, 6.45) is 9.50. The van der Waals surface area contributed by atoms with E-state index in [-0.39, 0.29) is 5.41 Å². The van der Waals surface area contributed by atoms with Crippen LogP contribution in [0.5, 0.6) is 5.75 Å². The fraction of sp³-hybridized carbons (Fsp3) is 0.486. The molecule has 1 heterocycles. The number of carboxylic acid groups (broad SMARTS) is 1. The van der Waals surface area contributed by atoms with Gasteiger partial charge >= 0.3 is 5.97 Å². The average molecular weight is 642 g/mol. The number of aryl methyl sites for hydroxylation is 1. The zero-order valence-electron chi connectivity index (χ0n) is 24.8. The molecular formula is C35H39Cl3N2O3. The Morgan fingerprint density at radius 2 is 1.93 bits per heavy atom. The summed E-state index contributed by atoms with van der Waals surface area (Å²) in [5.74, 6) is 1.20. The SMILES string of the molecule is C[C@@H](COc1ccnc2c1[C@H](C)CCC2)CC1Cc2c(ccc(Cl)c2Cl)C12CCC(Nc1cccc(Cl)c1)(C(=O)O)CC2. The molecule has 1 aromatic heterocycles. The molecular weight excluding hydrogens is 603 g/mol. The number of carboxylic acids is 1. The number of aliphatic carboxylic acids is 1. The number of nitrogens with zero attached hydrogens (tertiary/aromatic N) is 1. The van der Waals surface area contributed by atoms with E-state index < -0.39 is 11.5 Å². The zero-order chi connectivity index (χ0) is 30.4. The van der Waals surface area contributed by atoms with Crippen molar-refractivity contribution in [2.24, 2.45) is 11.8 Å². The van der Waals surface area contributed by atoms with Crippen LogP contribution in [0.3, 0.4) is 0 Å².